The molecule has 17 nitrogen and oxygen atoms in total. The zero-order chi connectivity index (χ0) is 69.4. The van der Waals surface area contributed by atoms with Crippen LogP contribution in [0, 0.1) is 17.8 Å². The minimum absolute atomic E-state index is 0.105. The molecule has 0 aromatic heterocycles. The van der Waals surface area contributed by atoms with Gasteiger partial charge in [0.2, 0.25) is 0 Å². The molecule has 0 heterocycles. The summed E-state index contributed by atoms with van der Waals surface area (Å²) in [6, 6.07) is 0. The van der Waals surface area contributed by atoms with Crippen molar-refractivity contribution in [3.63, 3.8) is 0 Å². The summed E-state index contributed by atoms with van der Waals surface area (Å²) >= 11 is 0. The molecule has 558 valence electrons. The number of phosphoric acid groups is 2. The molecule has 0 aliphatic carbocycles. The molecule has 0 amide bonds. The van der Waals surface area contributed by atoms with Crippen molar-refractivity contribution in [1.29, 1.82) is 0 Å². The topological polar surface area (TPSA) is 237 Å². The number of carbonyl (C=O) groups is 4. The first kappa shape index (κ1) is 92.1. The van der Waals surface area contributed by atoms with Gasteiger partial charge < -0.3 is 33.8 Å². The second-order valence-electron chi connectivity index (χ2n) is 28.0. The van der Waals surface area contributed by atoms with Crippen LogP contribution in [0.3, 0.4) is 0 Å². The van der Waals surface area contributed by atoms with E-state index in [1.807, 2.05) is 0 Å². The third-order valence-electron chi connectivity index (χ3n) is 18.1. The first-order valence-electron chi connectivity index (χ1n) is 38.9. The number of aliphatic hydroxyl groups excluding tert-OH is 1. The standard InChI is InChI=1S/C75H146O17P2/c1-8-11-12-13-14-15-20-27-35-42-49-56-72(77)85-63-71(92-75(80)59-52-45-38-31-30-34-41-48-55-68(7)10-3)65-90-94(83,84)88-61-69(76)60-87-93(81,82)89-64-70(62-86-73(78)57-50-43-36-28-24-23-25-32-39-46-53-66(4)5)91-74(79)58-51-44-37-29-22-19-17-16-18-21-26-33-40-47-54-67(6)9-2/h66-71,76H,8-65H2,1-7H3,(H,81,82)(H,83,84)/t67?,68?,69-,70-,71-/m1/s1. The van der Waals surface area contributed by atoms with E-state index < -0.39 is 97.5 Å². The average Bonchev–Trinajstić information content (AvgIpc) is 3.63. The highest BCUT2D eigenvalue weighted by atomic mass is 31.2. The van der Waals surface area contributed by atoms with Gasteiger partial charge in [0.05, 0.1) is 26.4 Å². The van der Waals surface area contributed by atoms with Gasteiger partial charge in [-0.15, -0.1) is 0 Å². The maximum absolute atomic E-state index is 13.1. The number of hydrogen-bond donors (Lipinski definition) is 3. The number of carbonyl (C=O) groups excluding carboxylic acids is 4. The van der Waals surface area contributed by atoms with Crippen molar-refractivity contribution in [3.8, 4) is 0 Å². The first-order valence-corrected chi connectivity index (χ1v) is 41.9. The van der Waals surface area contributed by atoms with Gasteiger partial charge in [-0.25, -0.2) is 9.13 Å². The molecule has 19 heteroatoms. The van der Waals surface area contributed by atoms with Crippen molar-refractivity contribution < 1.29 is 80.2 Å². The molecule has 0 aromatic carbocycles. The second-order valence-corrected chi connectivity index (χ2v) is 30.9. The van der Waals surface area contributed by atoms with E-state index in [2.05, 4.69) is 48.5 Å². The van der Waals surface area contributed by atoms with Crippen LogP contribution in [0.2, 0.25) is 0 Å². The number of ether oxygens (including phenoxy) is 4. The Morgan fingerprint density at radius 2 is 0.543 bits per heavy atom. The summed E-state index contributed by atoms with van der Waals surface area (Å²) in [6.07, 6.45) is 51.1. The van der Waals surface area contributed by atoms with E-state index in [4.69, 9.17) is 37.0 Å². The molecule has 94 heavy (non-hydrogen) atoms. The molecule has 0 aliphatic heterocycles. The Morgan fingerprint density at radius 3 is 0.809 bits per heavy atom. The summed E-state index contributed by atoms with van der Waals surface area (Å²) in [5, 5.41) is 10.6. The highest BCUT2D eigenvalue weighted by molar-refractivity contribution is 7.47. The van der Waals surface area contributed by atoms with Gasteiger partial charge in [-0.2, -0.15) is 0 Å². The maximum Gasteiger partial charge on any atom is 0.472 e. The maximum atomic E-state index is 13.1. The zero-order valence-electron chi connectivity index (χ0n) is 61.4. The predicted molar refractivity (Wildman–Crippen MR) is 381 cm³/mol. The third kappa shape index (κ3) is 66.0. The zero-order valence-corrected chi connectivity index (χ0v) is 63.2. The van der Waals surface area contributed by atoms with Gasteiger partial charge in [0.25, 0.3) is 0 Å². The average molecular weight is 1380 g/mol. The summed E-state index contributed by atoms with van der Waals surface area (Å²) in [7, 11) is -9.91. The predicted octanol–water partition coefficient (Wildman–Crippen LogP) is 21.8. The lowest BCUT2D eigenvalue weighted by molar-refractivity contribution is -0.161. The van der Waals surface area contributed by atoms with Crippen LogP contribution in [-0.4, -0.2) is 96.7 Å². The Bertz CT molecular complexity index is 1840. The third-order valence-corrected chi connectivity index (χ3v) is 20.0. The summed E-state index contributed by atoms with van der Waals surface area (Å²) in [6.45, 7) is 11.9. The largest absolute Gasteiger partial charge is 0.472 e. The summed E-state index contributed by atoms with van der Waals surface area (Å²) < 4.78 is 68.5. The molecule has 4 unspecified atom stereocenters. The fourth-order valence-corrected chi connectivity index (χ4v) is 12.9. The lowest BCUT2D eigenvalue weighted by Crippen LogP contribution is -2.30. The van der Waals surface area contributed by atoms with E-state index in [1.165, 1.54) is 193 Å². The normalized spacial score (nSPS) is 14.7. The van der Waals surface area contributed by atoms with Crippen molar-refractivity contribution >= 4 is 39.5 Å². The SMILES string of the molecule is CCCCCCCCCCCCCC(=O)OC[C@H](COP(=O)(O)OC[C@H](O)COP(=O)(O)OC[C@@H](COC(=O)CCCCCCCCCCCCC(C)C)OC(=O)CCCCCCCCCCCCCCCCC(C)CC)OC(=O)CCCCCCCCCCC(C)CC. The van der Waals surface area contributed by atoms with Gasteiger partial charge in [-0.05, 0) is 43.4 Å². The van der Waals surface area contributed by atoms with Crippen molar-refractivity contribution in [1.82, 2.24) is 0 Å². The molecule has 0 saturated heterocycles. The van der Waals surface area contributed by atoms with Crippen LogP contribution in [-0.2, 0) is 65.4 Å². The van der Waals surface area contributed by atoms with E-state index >= 15 is 0 Å². The molecule has 0 bridgehead atoms. The van der Waals surface area contributed by atoms with Crippen LogP contribution in [0.25, 0.3) is 0 Å². The molecule has 0 spiro atoms. The van der Waals surface area contributed by atoms with E-state index in [-0.39, 0.29) is 25.7 Å². The van der Waals surface area contributed by atoms with Crippen molar-refractivity contribution in [2.45, 2.75) is 401 Å². The molecular formula is C75H146O17P2. The quantitative estimate of drug-likeness (QED) is 0.0222. The van der Waals surface area contributed by atoms with Gasteiger partial charge in [0.1, 0.15) is 19.3 Å². The lowest BCUT2D eigenvalue weighted by atomic mass is 9.99. The second kappa shape index (κ2) is 65.7. The molecular weight excluding hydrogens is 1230 g/mol. The van der Waals surface area contributed by atoms with Gasteiger partial charge in [-0.3, -0.25) is 37.3 Å². The van der Waals surface area contributed by atoms with Crippen LogP contribution in [0.5, 0.6) is 0 Å². The summed E-state index contributed by atoms with van der Waals surface area (Å²) in [4.78, 5) is 72.8. The molecule has 0 radical (unpaired) electrons. The summed E-state index contributed by atoms with van der Waals surface area (Å²) in [5.74, 6) is 0.254. The van der Waals surface area contributed by atoms with Gasteiger partial charge in [-0.1, -0.05) is 331 Å². The first-order chi connectivity index (χ1) is 45.3. The van der Waals surface area contributed by atoms with E-state index in [9.17, 15) is 43.2 Å². The van der Waals surface area contributed by atoms with Crippen molar-refractivity contribution in [2.24, 2.45) is 17.8 Å². The number of esters is 4. The van der Waals surface area contributed by atoms with Crippen LogP contribution < -0.4 is 0 Å². The minimum atomic E-state index is -4.96. The Kier molecular flexibility index (Phi) is 64.3. The number of aliphatic hydroxyl groups is 1. The number of rotatable bonds is 73. The fraction of sp³-hybridized carbons (Fsp3) is 0.947. The van der Waals surface area contributed by atoms with Gasteiger partial charge >= 0.3 is 39.5 Å². The monoisotopic (exact) mass is 1380 g/mol. The summed E-state index contributed by atoms with van der Waals surface area (Å²) in [5.41, 5.74) is 0. The van der Waals surface area contributed by atoms with Gasteiger partial charge in [0, 0.05) is 25.7 Å². The molecule has 0 rings (SSSR count). The Morgan fingerprint density at radius 1 is 0.309 bits per heavy atom. The molecule has 0 saturated carbocycles. The Labute approximate surface area is 575 Å². The van der Waals surface area contributed by atoms with Crippen LogP contribution in [0.15, 0.2) is 0 Å². The van der Waals surface area contributed by atoms with E-state index in [0.717, 1.165) is 108 Å². The molecule has 0 aromatic rings. The van der Waals surface area contributed by atoms with Gasteiger partial charge in [0.15, 0.2) is 12.2 Å². The number of phosphoric ester groups is 2. The highest BCUT2D eigenvalue weighted by Gasteiger charge is 2.30. The Balaban J connectivity index is 5.25. The fourth-order valence-electron chi connectivity index (χ4n) is 11.4. The molecule has 3 N–H and O–H groups in total. The number of hydrogen-bond acceptors (Lipinski definition) is 15. The molecule has 0 fully saturated rings. The smallest absolute Gasteiger partial charge is 0.462 e. The molecule has 0 aliphatic rings. The van der Waals surface area contributed by atoms with Crippen molar-refractivity contribution in [3.05, 3.63) is 0 Å². The van der Waals surface area contributed by atoms with Crippen LogP contribution in [0.4, 0.5) is 0 Å². The molecule has 7 atom stereocenters. The van der Waals surface area contributed by atoms with Crippen LogP contribution in [0.1, 0.15) is 382 Å². The number of unbranched alkanes of at least 4 members (excludes halogenated alkanes) is 39. The minimum Gasteiger partial charge on any atom is -0.462 e. The highest BCUT2D eigenvalue weighted by Crippen LogP contribution is 2.45. The van der Waals surface area contributed by atoms with E-state index in [1.54, 1.807) is 0 Å². The van der Waals surface area contributed by atoms with Crippen molar-refractivity contribution in [2.75, 3.05) is 39.6 Å². The van der Waals surface area contributed by atoms with E-state index in [0.29, 0.717) is 25.7 Å². The van der Waals surface area contributed by atoms with Crippen LogP contribution >= 0.6 is 15.6 Å². The lowest BCUT2D eigenvalue weighted by Gasteiger charge is -2.21. The Hall–Kier alpha value is -1.94.